The molecule has 1 aromatic rings. The second-order valence-corrected chi connectivity index (χ2v) is 5.81. The minimum Gasteiger partial charge on any atom is -0.319 e. The van der Waals surface area contributed by atoms with E-state index in [1.165, 1.54) is 5.41 Å². The monoisotopic (exact) mass is 237 g/mol. The lowest BCUT2D eigenvalue weighted by Crippen LogP contribution is -2.07. The van der Waals surface area contributed by atoms with Crippen LogP contribution in [0.5, 0.6) is 0 Å². The van der Waals surface area contributed by atoms with Gasteiger partial charge in [0.2, 0.25) is 9.84 Å². The Morgan fingerprint density at radius 1 is 1.31 bits per heavy atom. The maximum Gasteiger partial charge on any atom is 0.200 e. The fourth-order valence-electron chi connectivity index (χ4n) is 1.90. The molecular weight excluding hydrogens is 222 g/mol. The quantitative estimate of drug-likeness (QED) is 0.871. The number of benzene rings is 1. The summed E-state index contributed by atoms with van der Waals surface area (Å²) in [5, 5.41) is 4.43. The lowest BCUT2D eigenvalue weighted by Gasteiger charge is -2.04. The minimum absolute atomic E-state index is 0.457. The summed E-state index contributed by atoms with van der Waals surface area (Å²) < 4.78 is 23.8. The third-order valence-electron chi connectivity index (χ3n) is 2.73. The second kappa shape index (κ2) is 4.03. The fourth-order valence-corrected chi connectivity index (χ4v) is 3.50. The molecule has 0 amide bonds. The van der Waals surface area contributed by atoms with Crippen molar-refractivity contribution in [3.05, 3.63) is 34.7 Å². The summed E-state index contributed by atoms with van der Waals surface area (Å²) in [6.07, 6.45) is 0.742. The largest absolute Gasteiger partial charge is 0.319 e. The molecule has 0 bridgehead atoms. The van der Waals surface area contributed by atoms with Crippen LogP contribution in [-0.2, 0) is 9.84 Å². The zero-order chi connectivity index (χ0) is 11.8. The summed E-state index contributed by atoms with van der Waals surface area (Å²) in [6.45, 7) is 2.69. The van der Waals surface area contributed by atoms with Crippen molar-refractivity contribution in [1.82, 2.24) is 5.32 Å². The van der Waals surface area contributed by atoms with Crippen LogP contribution in [0.3, 0.4) is 0 Å². The molecule has 0 spiro atoms. The summed E-state index contributed by atoms with van der Waals surface area (Å²) in [7, 11) is -1.34. The lowest BCUT2D eigenvalue weighted by molar-refractivity contribution is 0.605. The molecule has 0 unspecified atom stereocenters. The standard InChI is InChI=1S/C12H15NO2S/c1-9-3-4-11-10(5-6-13-2)8-16(14,15)12(11)7-9/h3-4,7-8,13H,5-6H2,1-2H3. The summed E-state index contributed by atoms with van der Waals surface area (Å²) in [6, 6.07) is 5.59. The van der Waals surface area contributed by atoms with Crippen molar-refractivity contribution in [1.29, 1.82) is 0 Å². The van der Waals surface area contributed by atoms with E-state index in [9.17, 15) is 8.42 Å². The third kappa shape index (κ3) is 1.90. The van der Waals surface area contributed by atoms with Crippen LogP contribution >= 0.6 is 0 Å². The number of fused-ring (bicyclic) bond motifs is 1. The number of hydrogen-bond acceptors (Lipinski definition) is 3. The molecule has 0 saturated carbocycles. The molecule has 1 heterocycles. The normalized spacial score (nSPS) is 17.0. The lowest BCUT2D eigenvalue weighted by atomic mass is 10.0. The molecule has 0 saturated heterocycles. The molecule has 0 radical (unpaired) electrons. The van der Waals surface area contributed by atoms with Gasteiger partial charge in [-0.15, -0.1) is 0 Å². The predicted octanol–water partition coefficient (Wildman–Crippen LogP) is 1.73. The molecule has 0 aliphatic carbocycles. The smallest absolute Gasteiger partial charge is 0.200 e. The molecule has 1 aliphatic heterocycles. The first kappa shape index (κ1) is 11.4. The molecule has 86 valence electrons. The van der Waals surface area contributed by atoms with Crippen molar-refractivity contribution in [2.45, 2.75) is 18.2 Å². The van der Waals surface area contributed by atoms with Gasteiger partial charge in [-0.1, -0.05) is 12.1 Å². The Morgan fingerprint density at radius 2 is 2.06 bits per heavy atom. The molecule has 1 N–H and O–H groups in total. The van der Waals surface area contributed by atoms with E-state index in [0.717, 1.165) is 29.7 Å². The number of hydrogen-bond donors (Lipinski definition) is 1. The molecule has 1 aromatic carbocycles. The Balaban J connectivity index is 2.48. The highest BCUT2D eigenvalue weighted by atomic mass is 32.2. The SMILES string of the molecule is CNCCC1=CS(=O)(=O)c2cc(C)ccc21. The van der Waals surface area contributed by atoms with Gasteiger partial charge in [0.1, 0.15) is 0 Å². The Hall–Kier alpha value is -1.13. The van der Waals surface area contributed by atoms with Gasteiger partial charge < -0.3 is 5.32 Å². The van der Waals surface area contributed by atoms with Crippen LogP contribution in [0.2, 0.25) is 0 Å². The minimum atomic E-state index is -3.20. The van der Waals surface area contributed by atoms with E-state index in [4.69, 9.17) is 0 Å². The van der Waals surface area contributed by atoms with Gasteiger partial charge in [0.15, 0.2) is 0 Å². The molecular formula is C12H15NO2S. The average molecular weight is 237 g/mol. The Kier molecular flexibility index (Phi) is 2.86. The van der Waals surface area contributed by atoms with E-state index >= 15 is 0 Å². The highest BCUT2D eigenvalue weighted by Gasteiger charge is 2.26. The maximum atomic E-state index is 11.9. The first-order valence-corrected chi connectivity index (χ1v) is 6.80. The first-order valence-electron chi connectivity index (χ1n) is 5.26. The summed E-state index contributed by atoms with van der Waals surface area (Å²) in [5.41, 5.74) is 2.75. The van der Waals surface area contributed by atoms with E-state index < -0.39 is 9.84 Å². The second-order valence-electron chi connectivity index (χ2n) is 4.04. The molecule has 3 nitrogen and oxygen atoms in total. The Bertz CT molecular complexity index is 544. The van der Waals surface area contributed by atoms with Gasteiger partial charge in [0.05, 0.1) is 4.90 Å². The summed E-state index contributed by atoms with van der Waals surface area (Å²) in [5.74, 6) is 0. The van der Waals surface area contributed by atoms with Crippen LogP contribution in [0.4, 0.5) is 0 Å². The van der Waals surface area contributed by atoms with Crippen molar-refractivity contribution in [2.75, 3.05) is 13.6 Å². The summed E-state index contributed by atoms with van der Waals surface area (Å²) in [4.78, 5) is 0.457. The van der Waals surface area contributed by atoms with Crippen LogP contribution in [0, 0.1) is 6.92 Å². The highest BCUT2D eigenvalue weighted by molar-refractivity contribution is 7.95. The third-order valence-corrected chi connectivity index (χ3v) is 4.28. The Morgan fingerprint density at radius 3 is 2.75 bits per heavy atom. The predicted molar refractivity (Wildman–Crippen MR) is 64.9 cm³/mol. The van der Waals surface area contributed by atoms with Crippen molar-refractivity contribution >= 4 is 15.4 Å². The summed E-state index contributed by atoms with van der Waals surface area (Å²) >= 11 is 0. The number of aryl methyl sites for hydroxylation is 1. The topological polar surface area (TPSA) is 46.2 Å². The van der Waals surface area contributed by atoms with Crippen molar-refractivity contribution < 1.29 is 8.42 Å². The van der Waals surface area contributed by atoms with Crippen molar-refractivity contribution in [2.24, 2.45) is 0 Å². The van der Waals surface area contributed by atoms with Crippen molar-refractivity contribution in [3.63, 3.8) is 0 Å². The van der Waals surface area contributed by atoms with Gasteiger partial charge in [0, 0.05) is 5.41 Å². The van der Waals surface area contributed by atoms with Gasteiger partial charge in [-0.3, -0.25) is 0 Å². The van der Waals surface area contributed by atoms with E-state index in [2.05, 4.69) is 5.32 Å². The van der Waals surface area contributed by atoms with Gasteiger partial charge in [-0.05, 0) is 49.7 Å². The zero-order valence-corrected chi connectivity index (χ0v) is 10.3. The highest BCUT2D eigenvalue weighted by Crippen LogP contribution is 2.35. The average Bonchev–Trinajstić information content (AvgIpc) is 2.48. The van der Waals surface area contributed by atoms with Crippen LogP contribution in [0.15, 0.2) is 28.5 Å². The Labute approximate surface area is 96.1 Å². The van der Waals surface area contributed by atoms with Crippen LogP contribution in [-0.4, -0.2) is 22.0 Å². The van der Waals surface area contributed by atoms with E-state index in [0.29, 0.717) is 4.90 Å². The maximum absolute atomic E-state index is 11.9. The molecule has 0 fully saturated rings. The van der Waals surface area contributed by atoms with Gasteiger partial charge in [-0.2, -0.15) is 0 Å². The molecule has 16 heavy (non-hydrogen) atoms. The van der Waals surface area contributed by atoms with Crippen molar-refractivity contribution in [3.8, 4) is 0 Å². The van der Waals surface area contributed by atoms with E-state index in [1.54, 1.807) is 6.07 Å². The molecule has 0 aromatic heterocycles. The molecule has 4 heteroatoms. The van der Waals surface area contributed by atoms with Crippen LogP contribution < -0.4 is 5.32 Å². The van der Waals surface area contributed by atoms with Gasteiger partial charge in [-0.25, -0.2) is 8.42 Å². The van der Waals surface area contributed by atoms with E-state index in [-0.39, 0.29) is 0 Å². The van der Waals surface area contributed by atoms with Gasteiger partial charge in [0.25, 0.3) is 0 Å². The van der Waals surface area contributed by atoms with Crippen LogP contribution in [0.1, 0.15) is 17.5 Å². The zero-order valence-electron chi connectivity index (χ0n) is 9.45. The molecule has 2 rings (SSSR count). The van der Waals surface area contributed by atoms with Crippen LogP contribution in [0.25, 0.3) is 5.57 Å². The molecule has 1 aliphatic rings. The first-order chi connectivity index (χ1) is 7.54. The number of sulfone groups is 1. The molecule has 0 atom stereocenters. The fraction of sp³-hybridized carbons (Fsp3) is 0.333. The van der Waals surface area contributed by atoms with E-state index in [1.807, 2.05) is 26.1 Å². The number of nitrogens with one attached hydrogen (secondary N) is 1. The number of rotatable bonds is 3. The van der Waals surface area contributed by atoms with Gasteiger partial charge >= 0.3 is 0 Å².